The number of thioether (sulfide) groups is 1. The molecule has 0 saturated carbocycles. The molecule has 1 aromatic carbocycles. The van der Waals surface area contributed by atoms with Crippen LogP contribution in [-0.4, -0.2) is 24.2 Å². The van der Waals surface area contributed by atoms with Crippen LogP contribution in [0.1, 0.15) is 6.92 Å². The lowest BCUT2D eigenvalue weighted by Gasteiger charge is -2.34. The van der Waals surface area contributed by atoms with Crippen LogP contribution in [0.2, 0.25) is 5.02 Å². The molecule has 1 unspecified atom stereocenters. The van der Waals surface area contributed by atoms with Crippen molar-refractivity contribution in [2.45, 2.75) is 17.9 Å². The van der Waals surface area contributed by atoms with Crippen molar-refractivity contribution >= 4 is 35.0 Å². The number of amides is 1. The van der Waals surface area contributed by atoms with Gasteiger partial charge in [0, 0.05) is 21.7 Å². The van der Waals surface area contributed by atoms with Crippen molar-refractivity contribution in [2.24, 2.45) is 5.73 Å². The van der Waals surface area contributed by atoms with Gasteiger partial charge in [-0.3, -0.25) is 4.79 Å². The Hall–Kier alpha value is -0.710. The van der Waals surface area contributed by atoms with E-state index in [1.54, 1.807) is 16.7 Å². The van der Waals surface area contributed by atoms with Gasteiger partial charge in [-0.2, -0.15) is 0 Å². The summed E-state index contributed by atoms with van der Waals surface area (Å²) < 4.78 is 0. The van der Waals surface area contributed by atoms with E-state index in [4.69, 9.17) is 17.3 Å². The lowest BCUT2D eigenvalue weighted by molar-refractivity contribution is -0.117. The second kappa shape index (κ2) is 4.65. The molecule has 0 fully saturated rings. The molecule has 1 amide bonds. The number of carbonyl (C=O) groups is 1. The fraction of sp³-hybridized carbons (Fsp3) is 0.364. The van der Waals surface area contributed by atoms with Crippen LogP contribution in [0.5, 0.6) is 0 Å². The van der Waals surface area contributed by atoms with Crippen LogP contribution in [0, 0.1) is 0 Å². The number of rotatable bonds is 1. The Labute approximate surface area is 104 Å². The van der Waals surface area contributed by atoms with Crippen LogP contribution < -0.4 is 10.6 Å². The summed E-state index contributed by atoms with van der Waals surface area (Å²) in [6.07, 6.45) is 0. The van der Waals surface area contributed by atoms with Crippen molar-refractivity contribution in [3.8, 4) is 0 Å². The van der Waals surface area contributed by atoms with E-state index in [0.717, 1.165) is 16.3 Å². The van der Waals surface area contributed by atoms with E-state index in [-0.39, 0.29) is 18.5 Å². The fourth-order valence-electron chi connectivity index (χ4n) is 1.80. The number of benzene rings is 1. The van der Waals surface area contributed by atoms with Gasteiger partial charge < -0.3 is 10.6 Å². The maximum Gasteiger partial charge on any atom is 0.241 e. The van der Waals surface area contributed by atoms with Gasteiger partial charge in [-0.05, 0) is 25.1 Å². The van der Waals surface area contributed by atoms with Crippen molar-refractivity contribution in [2.75, 3.05) is 17.2 Å². The zero-order chi connectivity index (χ0) is 11.7. The molecular weight excluding hydrogens is 244 g/mol. The Morgan fingerprint density at radius 2 is 2.44 bits per heavy atom. The highest BCUT2D eigenvalue weighted by atomic mass is 35.5. The highest BCUT2D eigenvalue weighted by Crippen LogP contribution is 2.38. The van der Waals surface area contributed by atoms with Crippen LogP contribution in [0.3, 0.4) is 0 Å². The number of anilines is 1. The molecule has 0 aromatic heterocycles. The Kier molecular flexibility index (Phi) is 3.42. The molecule has 1 heterocycles. The molecule has 2 N–H and O–H groups in total. The second-order valence-electron chi connectivity index (χ2n) is 3.74. The Morgan fingerprint density at radius 3 is 3.12 bits per heavy atom. The minimum atomic E-state index is -0.0590. The summed E-state index contributed by atoms with van der Waals surface area (Å²) in [6, 6.07) is 5.78. The van der Waals surface area contributed by atoms with Gasteiger partial charge in [0.25, 0.3) is 0 Å². The van der Waals surface area contributed by atoms with Crippen LogP contribution in [0.4, 0.5) is 5.69 Å². The summed E-state index contributed by atoms with van der Waals surface area (Å²) >= 11 is 7.70. The van der Waals surface area contributed by atoms with Crippen molar-refractivity contribution in [3.63, 3.8) is 0 Å². The predicted octanol–water partition coefficient (Wildman–Crippen LogP) is 2.13. The monoisotopic (exact) mass is 256 g/mol. The second-order valence-corrected chi connectivity index (χ2v) is 5.24. The van der Waals surface area contributed by atoms with Gasteiger partial charge in [0.2, 0.25) is 5.91 Å². The summed E-state index contributed by atoms with van der Waals surface area (Å²) in [5, 5.41) is 0.642. The maximum absolute atomic E-state index is 11.8. The zero-order valence-electron chi connectivity index (χ0n) is 8.94. The minimum Gasteiger partial charge on any atom is -0.322 e. The van der Waals surface area contributed by atoms with E-state index in [9.17, 15) is 4.79 Å². The molecular formula is C11H13ClN2OS. The number of nitrogens with zero attached hydrogens (tertiary/aromatic N) is 1. The number of fused-ring (bicyclic) bond motifs is 1. The highest BCUT2D eigenvalue weighted by Gasteiger charge is 2.27. The average Bonchev–Trinajstić information content (AvgIpc) is 2.28. The topological polar surface area (TPSA) is 46.3 Å². The first-order valence-corrected chi connectivity index (χ1v) is 6.44. The van der Waals surface area contributed by atoms with Gasteiger partial charge in [-0.1, -0.05) is 11.6 Å². The van der Waals surface area contributed by atoms with Gasteiger partial charge in [0.05, 0.1) is 12.2 Å². The summed E-state index contributed by atoms with van der Waals surface area (Å²) in [6.45, 7) is 2.05. The van der Waals surface area contributed by atoms with Crippen molar-refractivity contribution in [3.05, 3.63) is 23.2 Å². The third kappa shape index (κ3) is 2.05. The third-order valence-corrected chi connectivity index (χ3v) is 4.09. The first-order valence-electron chi connectivity index (χ1n) is 5.08. The van der Waals surface area contributed by atoms with Gasteiger partial charge >= 0.3 is 0 Å². The van der Waals surface area contributed by atoms with Crippen LogP contribution in [-0.2, 0) is 4.79 Å². The van der Waals surface area contributed by atoms with Gasteiger partial charge in [0.1, 0.15) is 0 Å². The molecule has 5 heteroatoms. The lowest BCUT2D eigenvalue weighted by atomic mass is 10.2. The van der Waals surface area contributed by atoms with Gasteiger partial charge in [0.15, 0.2) is 0 Å². The molecule has 2 rings (SSSR count). The zero-order valence-corrected chi connectivity index (χ0v) is 10.5. The van der Waals surface area contributed by atoms with E-state index >= 15 is 0 Å². The molecule has 0 radical (unpaired) electrons. The number of carbonyl (C=O) groups excluding carboxylic acids is 1. The number of hydrogen-bond acceptors (Lipinski definition) is 3. The summed E-state index contributed by atoms with van der Waals surface area (Å²) in [7, 11) is 0. The maximum atomic E-state index is 11.8. The molecule has 1 aliphatic heterocycles. The quantitative estimate of drug-likeness (QED) is 0.837. The van der Waals surface area contributed by atoms with Gasteiger partial charge in [-0.25, -0.2) is 0 Å². The molecule has 0 saturated heterocycles. The van der Waals surface area contributed by atoms with E-state index < -0.39 is 0 Å². The molecule has 1 aromatic rings. The summed E-state index contributed by atoms with van der Waals surface area (Å²) in [5.41, 5.74) is 6.31. The molecule has 3 nitrogen and oxygen atoms in total. The van der Waals surface area contributed by atoms with E-state index in [1.807, 2.05) is 25.1 Å². The molecule has 1 aliphatic rings. The number of nitrogens with two attached hydrogens (primary N) is 1. The average molecular weight is 257 g/mol. The number of halogens is 1. The highest BCUT2D eigenvalue weighted by molar-refractivity contribution is 7.99. The van der Waals surface area contributed by atoms with E-state index in [1.165, 1.54) is 0 Å². The molecule has 1 atom stereocenters. The smallest absolute Gasteiger partial charge is 0.241 e. The molecule has 0 bridgehead atoms. The van der Waals surface area contributed by atoms with Crippen molar-refractivity contribution in [1.29, 1.82) is 0 Å². The molecule has 16 heavy (non-hydrogen) atoms. The predicted molar refractivity (Wildman–Crippen MR) is 68.2 cm³/mol. The van der Waals surface area contributed by atoms with Crippen LogP contribution in [0.25, 0.3) is 0 Å². The van der Waals surface area contributed by atoms with E-state index in [0.29, 0.717) is 5.02 Å². The summed E-state index contributed by atoms with van der Waals surface area (Å²) in [4.78, 5) is 14.6. The molecule has 0 spiro atoms. The Balaban J connectivity index is 2.46. The lowest BCUT2D eigenvalue weighted by Crippen LogP contribution is -2.45. The Bertz CT molecular complexity index is 424. The first-order chi connectivity index (χ1) is 7.63. The largest absolute Gasteiger partial charge is 0.322 e. The standard InChI is InChI=1S/C11H13ClN2OS/c1-7-6-16-10-3-2-8(12)4-9(10)14(7)11(15)5-13/h2-4,7H,5-6,13H2,1H3. The van der Waals surface area contributed by atoms with Crippen LogP contribution in [0.15, 0.2) is 23.1 Å². The van der Waals surface area contributed by atoms with Gasteiger partial charge in [-0.15, -0.1) is 11.8 Å². The fourth-order valence-corrected chi connectivity index (χ4v) is 3.01. The third-order valence-electron chi connectivity index (χ3n) is 2.54. The van der Waals surface area contributed by atoms with Crippen molar-refractivity contribution < 1.29 is 4.79 Å². The van der Waals surface area contributed by atoms with Crippen molar-refractivity contribution in [1.82, 2.24) is 0 Å². The SMILES string of the molecule is CC1CSc2ccc(Cl)cc2N1C(=O)CN. The Morgan fingerprint density at radius 1 is 1.69 bits per heavy atom. The number of hydrogen-bond donors (Lipinski definition) is 1. The normalized spacial score (nSPS) is 19.4. The molecule has 0 aliphatic carbocycles. The van der Waals surface area contributed by atoms with E-state index in [2.05, 4.69) is 0 Å². The van der Waals surface area contributed by atoms with Crippen LogP contribution >= 0.6 is 23.4 Å². The first kappa shape index (κ1) is 11.8. The molecule has 86 valence electrons. The summed E-state index contributed by atoms with van der Waals surface area (Å²) in [5.74, 6) is 0.830. The minimum absolute atomic E-state index is 0.0287.